The van der Waals surface area contributed by atoms with Crippen LogP contribution in [0.25, 0.3) is 10.1 Å². The first-order valence-electron chi connectivity index (χ1n) is 7.07. The highest BCUT2D eigenvalue weighted by Gasteiger charge is 2.25. The number of fused-ring (bicyclic) bond motifs is 1. The molecular weight excluding hydrogens is 286 g/mol. The van der Waals surface area contributed by atoms with E-state index < -0.39 is 0 Å². The van der Waals surface area contributed by atoms with Gasteiger partial charge in [0, 0.05) is 24.4 Å². The smallest absolute Gasteiger partial charge is 0.275 e. The Balaban J connectivity index is 1.94. The topological polar surface area (TPSA) is 78.6 Å². The molecule has 5 nitrogen and oxygen atoms in total. The van der Waals surface area contributed by atoms with Gasteiger partial charge in [0.25, 0.3) is 5.91 Å². The molecule has 0 aliphatic carbocycles. The fraction of sp³-hybridized carbons (Fsp3) is 0.400. The molecule has 112 valence electrons. The van der Waals surface area contributed by atoms with E-state index in [-0.39, 0.29) is 12.5 Å². The normalized spacial score (nSPS) is 19.2. The molecule has 21 heavy (non-hydrogen) atoms. The lowest BCUT2D eigenvalue weighted by Gasteiger charge is -2.16. The second kappa shape index (κ2) is 6.11. The van der Waals surface area contributed by atoms with Crippen LogP contribution in [0.3, 0.4) is 0 Å². The summed E-state index contributed by atoms with van der Waals surface area (Å²) in [6.07, 6.45) is 1.01. The van der Waals surface area contributed by atoms with E-state index in [2.05, 4.69) is 10.3 Å². The maximum absolute atomic E-state index is 12.0. The molecule has 1 saturated heterocycles. The van der Waals surface area contributed by atoms with Gasteiger partial charge in [0.2, 0.25) is 0 Å². The number of rotatable bonds is 4. The minimum atomic E-state index is -0.232. The van der Waals surface area contributed by atoms with Gasteiger partial charge in [-0.2, -0.15) is 0 Å². The lowest BCUT2D eigenvalue weighted by molar-refractivity contribution is 0.0956. The molecule has 1 aliphatic rings. The summed E-state index contributed by atoms with van der Waals surface area (Å²) in [5.41, 5.74) is 3.28. The first-order valence-corrected chi connectivity index (χ1v) is 7.89. The summed E-state index contributed by atoms with van der Waals surface area (Å²) >= 11 is 1.48. The number of hydrogen-bond donors (Lipinski definition) is 3. The number of nitrogen functional groups attached to an aromatic ring is 1. The molecule has 0 spiro atoms. The van der Waals surface area contributed by atoms with Gasteiger partial charge in [0.15, 0.2) is 0 Å². The van der Waals surface area contributed by atoms with Crippen molar-refractivity contribution < 1.29 is 9.90 Å². The Morgan fingerprint density at radius 3 is 3.00 bits per heavy atom. The van der Waals surface area contributed by atoms with Gasteiger partial charge in [-0.1, -0.05) is 18.2 Å². The fourth-order valence-corrected chi connectivity index (χ4v) is 4.05. The van der Waals surface area contributed by atoms with Crippen molar-refractivity contribution >= 4 is 27.3 Å². The number of nitrogens with zero attached hydrogens (tertiary/aromatic N) is 1. The number of thiophene rings is 1. The molecule has 3 rings (SSSR count). The largest absolute Gasteiger partial charge is 0.396 e. The lowest BCUT2D eigenvalue weighted by atomic mass is 10.1. The number of carbonyl (C=O) groups excluding carboxylic acids is 1. The van der Waals surface area contributed by atoms with Crippen LogP contribution >= 0.6 is 11.3 Å². The second-order valence-corrected chi connectivity index (χ2v) is 6.50. The Morgan fingerprint density at radius 2 is 2.29 bits per heavy atom. The average Bonchev–Trinajstić information content (AvgIpc) is 3.12. The molecule has 0 radical (unpaired) electrons. The molecule has 1 unspecified atom stereocenters. The molecule has 6 heteroatoms. The molecule has 1 aromatic carbocycles. The summed E-state index contributed by atoms with van der Waals surface area (Å²) in [4.78, 5) is 15.0. The Bertz CT molecular complexity index is 655. The van der Waals surface area contributed by atoms with Crippen molar-refractivity contribution in [3.63, 3.8) is 0 Å². The third kappa shape index (κ3) is 2.80. The number of hydrogen-bond acceptors (Lipinski definition) is 5. The van der Waals surface area contributed by atoms with Crippen LogP contribution < -0.4 is 11.3 Å². The van der Waals surface area contributed by atoms with Crippen LogP contribution in [0.5, 0.6) is 0 Å². The van der Waals surface area contributed by atoms with E-state index in [1.165, 1.54) is 11.3 Å². The molecule has 4 N–H and O–H groups in total. The van der Waals surface area contributed by atoms with Crippen molar-refractivity contribution in [1.29, 1.82) is 0 Å². The molecule has 1 aliphatic heterocycles. The maximum atomic E-state index is 12.0. The fourth-order valence-electron chi connectivity index (χ4n) is 2.93. The summed E-state index contributed by atoms with van der Waals surface area (Å²) in [6, 6.07) is 8.04. The van der Waals surface area contributed by atoms with Gasteiger partial charge in [-0.25, -0.2) is 5.84 Å². The highest BCUT2D eigenvalue weighted by Crippen LogP contribution is 2.33. The Morgan fingerprint density at radius 1 is 1.48 bits per heavy atom. The number of likely N-dealkylation sites (tertiary alicyclic amines) is 1. The molecule has 1 fully saturated rings. The first kappa shape index (κ1) is 14.5. The first-order chi connectivity index (χ1) is 10.2. The van der Waals surface area contributed by atoms with Gasteiger partial charge in [-0.3, -0.25) is 15.1 Å². The van der Waals surface area contributed by atoms with Crippen molar-refractivity contribution in [2.75, 3.05) is 19.7 Å². The van der Waals surface area contributed by atoms with Crippen molar-refractivity contribution in [2.24, 2.45) is 11.8 Å². The van der Waals surface area contributed by atoms with Crippen LogP contribution in [0.1, 0.15) is 21.7 Å². The van der Waals surface area contributed by atoms with Crippen LogP contribution in [0, 0.1) is 5.92 Å². The predicted molar refractivity (Wildman–Crippen MR) is 83.9 cm³/mol. The number of hydrazine groups is 1. The highest BCUT2D eigenvalue weighted by atomic mass is 32.1. The number of nitrogens with two attached hydrogens (primary N) is 1. The van der Waals surface area contributed by atoms with Gasteiger partial charge in [0.05, 0.1) is 4.88 Å². The standard InChI is InChI=1S/C15H19N3O2S/c16-17-15(20)14-12(8-18-6-5-10(7-18)9-19)11-3-1-2-4-13(11)21-14/h1-4,10,19H,5-9,16H2,(H,17,20). The van der Waals surface area contributed by atoms with Crippen molar-refractivity contribution in [3.05, 3.63) is 34.7 Å². The highest BCUT2D eigenvalue weighted by molar-refractivity contribution is 7.21. The van der Waals surface area contributed by atoms with Gasteiger partial charge in [-0.15, -0.1) is 11.3 Å². The van der Waals surface area contributed by atoms with E-state index >= 15 is 0 Å². The second-order valence-electron chi connectivity index (χ2n) is 5.45. The zero-order valence-electron chi connectivity index (χ0n) is 11.7. The zero-order valence-corrected chi connectivity index (χ0v) is 12.5. The number of nitrogens with one attached hydrogen (secondary N) is 1. The molecule has 0 saturated carbocycles. The molecule has 1 amide bonds. The van der Waals surface area contributed by atoms with E-state index in [1.807, 2.05) is 24.3 Å². The Labute approximate surface area is 127 Å². The summed E-state index contributed by atoms with van der Waals surface area (Å²) in [6.45, 7) is 2.80. The van der Waals surface area contributed by atoms with Gasteiger partial charge < -0.3 is 5.11 Å². The summed E-state index contributed by atoms with van der Waals surface area (Å²) in [5, 5.41) is 10.4. The van der Waals surface area contributed by atoms with E-state index in [0.717, 1.165) is 41.7 Å². The van der Waals surface area contributed by atoms with Crippen LogP contribution in [-0.2, 0) is 6.54 Å². The number of aliphatic hydroxyl groups is 1. The number of amides is 1. The Hall–Kier alpha value is -1.47. The minimum absolute atomic E-state index is 0.232. The van der Waals surface area contributed by atoms with Crippen molar-refractivity contribution in [3.8, 4) is 0 Å². The quantitative estimate of drug-likeness (QED) is 0.452. The third-order valence-electron chi connectivity index (χ3n) is 4.05. The van der Waals surface area contributed by atoms with Crippen LogP contribution in [0.15, 0.2) is 24.3 Å². The zero-order chi connectivity index (χ0) is 14.8. The maximum Gasteiger partial charge on any atom is 0.275 e. The summed E-state index contributed by atoms with van der Waals surface area (Å²) in [5.74, 6) is 5.42. The van der Waals surface area contributed by atoms with Crippen molar-refractivity contribution in [1.82, 2.24) is 10.3 Å². The third-order valence-corrected chi connectivity index (χ3v) is 5.26. The number of carbonyl (C=O) groups is 1. The van der Waals surface area contributed by atoms with E-state index in [4.69, 9.17) is 5.84 Å². The van der Waals surface area contributed by atoms with Crippen LogP contribution in [-0.4, -0.2) is 35.6 Å². The van der Waals surface area contributed by atoms with E-state index in [1.54, 1.807) is 0 Å². The number of aliphatic hydroxyl groups excluding tert-OH is 1. The Kier molecular flexibility index (Phi) is 4.21. The van der Waals surface area contributed by atoms with Gasteiger partial charge in [-0.05, 0) is 35.9 Å². The molecule has 1 atom stereocenters. The van der Waals surface area contributed by atoms with E-state index in [0.29, 0.717) is 10.8 Å². The molecular formula is C15H19N3O2S. The minimum Gasteiger partial charge on any atom is -0.396 e. The summed E-state index contributed by atoms with van der Waals surface area (Å²) < 4.78 is 1.10. The van der Waals surface area contributed by atoms with Crippen LogP contribution in [0.2, 0.25) is 0 Å². The monoisotopic (exact) mass is 305 g/mol. The lowest BCUT2D eigenvalue weighted by Crippen LogP contribution is -2.31. The molecule has 0 bridgehead atoms. The van der Waals surface area contributed by atoms with Gasteiger partial charge in [0.1, 0.15) is 0 Å². The molecule has 2 heterocycles. The van der Waals surface area contributed by atoms with E-state index in [9.17, 15) is 9.90 Å². The average molecular weight is 305 g/mol. The molecule has 2 aromatic rings. The molecule has 1 aromatic heterocycles. The summed E-state index contributed by atoms with van der Waals surface area (Å²) in [7, 11) is 0. The SMILES string of the molecule is NNC(=O)c1sc2ccccc2c1CN1CCC(CO)C1. The van der Waals surface area contributed by atoms with Crippen molar-refractivity contribution in [2.45, 2.75) is 13.0 Å². The predicted octanol–water partition coefficient (Wildman–Crippen LogP) is 1.32. The van der Waals surface area contributed by atoms with Gasteiger partial charge >= 0.3 is 0 Å². The number of benzene rings is 1. The van der Waals surface area contributed by atoms with Crippen LogP contribution in [0.4, 0.5) is 0 Å².